The number of nitrogens with one attached hydrogen (secondary N) is 1. The summed E-state index contributed by atoms with van der Waals surface area (Å²) in [4.78, 5) is 29.3. The number of carbonyl (C=O) groups excluding carboxylic acids is 2. The maximum atomic E-state index is 14.0. The Morgan fingerprint density at radius 3 is 2.24 bits per heavy atom. The largest absolute Gasteiger partial charge is 0.352 e. The van der Waals surface area contributed by atoms with Crippen molar-refractivity contribution >= 4 is 27.5 Å². The molecule has 3 aromatic carbocycles. The highest BCUT2D eigenvalue weighted by atomic mass is 32.2. The fraction of sp³-hybridized carbons (Fsp3) is 0.394. The summed E-state index contributed by atoms with van der Waals surface area (Å²) in [6.45, 7) is 8.31. The van der Waals surface area contributed by atoms with Crippen LogP contribution in [-0.4, -0.2) is 50.0 Å². The van der Waals surface area contributed by atoms with Gasteiger partial charge in [0, 0.05) is 32.0 Å². The smallest absolute Gasteiger partial charge is 0.243 e. The van der Waals surface area contributed by atoms with E-state index in [0.29, 0.717) is 18.5 Å². The lowest BCUT2D eigenvalue weighted by atomic mass is 10.0. The van der Waals surface area contributed by atoms with E-state index in [1.165, 1.54) is 10.6 Å². The number of aryl methyl sites for hydroxylation is 2. The van der Waals surface area contributed by atoms with Gasteiger partial charge in [-0.2, -0.15) is 0 Å². The molecular formula is C33H43N3O4S. The minimum Gasteiger partial charge on any atom is -0.352 e. The van der Waals surface area contributed by atoms with Crippen LogP contribution in [0, 0.1) is 13.8 Å². The quantitative estimate of drug-likeness (QED) is 0.278. The van der Waals surface area contributed by atoms with Crippen molar-refractivity contribution in [3.8, 4) is 0 Å². The van der Waals surface area contributed by atoms with Gasteiger partial charge in [0.15, 0.2) is 0 Å². The number of anilines is 1. The summed E-state index contributed by atoms with van der Waals surface area (Å²) >= 11 is 0. The molecule has 0 saturated heterocycles. The zero-order valence-corrected chi connectivity index (χ0v) is 25.7. The number of rotatable bonds is 14. The molecule has 0 saturated carbocycles. The van der Waals surface area contributed by atoms with Crippen molar-refractivity contribution in [3.05, 3.63) is 101 Å². The molecule has 0 spiro atoms. The van der Waals surface area contributed by atoms with Crippen molar-refractivity contribution in [1.29, 1.82) is 0 Å². The first-order valence-corrected chi connectivity index (χ1v) is 16.1. The first kappa shape index (κ1) is 31.9. The van der Waals surface area contributed by atoms with E-state index in [-0.39, 0.29) is 37.4 Å². The molecular weight excluding hydrogens is 534 g/mol. The van der Waals surface area contributed by atoms with E-state index in [1.807, 2.05) is 100 Å². The molecule has 0 bridgehead atoms. The van der Waals surface area contributed by atoms with Crippen LogP contribution in [0.5, 0.6) is 0 Å². The van der Waals surface area contributed by atoms with Gasteiger partial charge in [0.1, 0.15) is 6.04 Å². The summed E-state index contributed by atoms with van der Waals surface area (Å²) in [6.07, 6.45) is 2.74. The second kappa shape index (κ2) is 14.8. The molecule has 2 atom stereocenters. The Kier molecular flexibility index (Phi) is 11.5. The average molecular weight is 578 g/mol. The molecule has 2 amide bonds. The van der Waals surface area contributed by atoms with E-state index >= 15 is 0 Å². The molecule has 0 unspecified atom stereocenters. The van der Waals surface area contributed by atoms with Crippen LogP contribution < -0.4 is 9.62 Å². The van der Waals surface area contributed by atoms with Gasteiger partial charge in [0.05, 0.1) is 11.9 Å². The lowest BCUT2D eigenvalue weighted by Crippen LogP contribution is -2.52. The van der Waals surface area contributed by atoms with Crippen LogP contribution >= 0.6 is 0 Å². The Bertz CT molecular complexity index is 1410. The lowest BCUT2D eigenvalue weighted by molar-refractivity contribution is -0.141. The van der Waals surface area contributed by atoms with Crippen LogP contribution in [0.25, 0.3) is 0 Å². The molecule has 8 heteroatoms. The van der Waals surface area contributed by atoms with Crippen molar-refractivity contribution in [1.82, 2.24) is 10.2 Å². The second-order valence-corrected chi connectivity index (χ2v) is 12.7. The average Bonchev–Trinajstić information content (AvgIpc) is 2.93. The standard InChI is InChI=1S/C33H43N3O4S/c1-6-27(4)34-33(38)31(23-28-16-8-7-9-17-28)35(24-29-18-11-10-15-26(29)3)32(37)20-13-21-36(41(5,39)40)30-19-12-14-25(2)22-30/h7-12,14-19,22,27,31H,6,13,20-21,23-24H2,1-5H3,(H,34,38)/t27-,31+/m1/s1. The molecule has 220 valence electrons. The fourth-order valence-electron chi connectivity index (χ4n) is 4.75. The molecule has 41 heavy (non-hydrogen) atoms. The monoisotopic (exact) mass is 577 g/mol. The first-order chi connectivity index (χ1) is 19.5. The van der Waals surface area contributed by atoms with Crippen molar-refractivity contribution in [2.24, 2.45) is 0 Å². The van der Waals surface area contributed by atoms with E-state index in [0.717, 1.165) is 28.7 Å². The molecule has 0 aliphatic heterocycles. The normalized spacial score (nSPS) is 12.8. The highest BCUT2D eigenvalue weighted by Gasteiger charge is 2.31. The highest BCUT2D eigenvalue weighted by molar-refractivity contribution is 7.92. The van der Waals surface area contributed by atoms with Crippen molar-refractivity contribution < 1.29 is 18.0 Å². The van der Waals surface area contributed by atoms with E-state index in [2.05, 4.69) is 5.32 Å². The van der Waals surface area contributed by atoms with Gasteiger partial charge < -0.3 is 10.2 Å². The number of hydrogen-bond acceptors (Lipinski definition) is 4. The summed E-state index contributed by atoms with van der Waals surface area (Å²) in [6, 6.07) is 24.1. The third-order valence-corrected chi connectivity index (χ3v) is 8.51. The van der Waals surface area contributed by atoms with E-state index in [9.17, 15) is 18.0 Å². The van der Waals surface area contributed by atoms with Crippen molar-refractivity contribution in [2.45, 2.75) is 72.0 Å². The Labute approximate surface area is 245 Å². The molecule has 0 aromatic heterocycles. The van der Waals surface area contributed by atoms with Gasteiger partial charge in [-0.3, -0.25) is 13.9 Å². The molecule has 0 heterocycles. The molecule has 3 aromatic rings. The Morgan fingerprint density at radius 1 is 0.927 bits per heavy atom. The van der Waals surface area contributed by atoms with Gasteiger partial charge >= 0.3 is 0 Å². The third kappa shape index (κ3) is 9.46. The Hall–Kier alpha value is -3.65. The molecule has 0 radical (unpaired) electrons. The van der Waals surface area contributed by atoms with Gasteiger partial charge in [-0.25, -0.2) is 8.42 Å². The van der Waals surface area contributed by atoms with Crippen LogP contribution in [0.15, 0.2) is 78.9 Å². The number of amides is 2. The summed E-state index contributed by atoms with van der Waals surface area (Å²) in [7, 11) is -3.55. The second-order valence-electron chi connectivity index (χ2n) is 10.7. The van der Waals surface area contributed by atoms with Gasteiger partial charge in [0.25, 0.3) is 0 Å². The predicted molar refractivity (Wildman–Crippen MR) is 166 cm³/mol. The molecule has 1 N–H and O–H groups in total. The van der Waals surface area contributed by atoms with E-state index < -0.39 is 16.1 Å². The van der Waals surface area contributed by atoms with E-state index in [4.69, 9.17) is 0 Å². The van der Waals surface area contributed by atoms with Gasteiger partial charge in [-0.1, -0.05) is 73.7 Å². The maximum Gasteiger partial charge on any atom is 0.243 e. The Balaban J connectivity index is 1.90. The number of hydrogen-bond donors (Lipinski definition) is 1. The van der Waals surface area contributed by atoms with Crippen LogP contribution in [-0.2, 0) is 32.6 Å². The summed E-state index contributed by atoms with van der Waals surface area (Å²) in [5, 5.41) is 3.09. The van der Waals surface area contributed by atoms with Gasteiger partial charge in [-0.05, 0) is 68.0 Å². The molecule has 3 rings (SSSR count). The van der Waals surface area contributed by atoms with Crippen molar-refractivity contribution in [3.63, 3.8) is 0 Å². The van der Waals surface area contributed by atoms with Crippen LogP contribution in [0.4, 0.5) is 5.69 Å². The number of nitrogens with zero attached hydrogens (tertiary/aromatic N) is 2. The Morgan fingerprint density at radius 2 is 1.61 bits per heavy atom. The minimum absolute atomic E-state index is 0.0335. The zero-order chi connectivity index (χ0) is 30.0. The van der Waals surface area contributed by atoms with Crippen LogP contribution in [0.2, 0.25) is 0 Å². The minimum atomic E-state index is -3.55. The molecule has 7 nitrogen and oxygen atoms in total. The maximum absolute atomic E-state index is 14.0. The molecule has 0 fully saturated rings. The number of benzene rings is 3. The van der Waals surface area contributed by atoms with Gasteiger partial charge in [-0.15, -0.1) is 0 Å². The number of sulfonamides is 1. The molecule has 0 aliphatic rings. The molecule has 0 aliphatic carbocycles. The summed E-state index contributed by atoms with van der Waals surface area (Å²) in [5.41, 5.74) is 4.49. The topological polar surface area (TPSA) is 86.8 Å². The predicted octanol–water partition coefficient (Wildman–Crippen LogP) is 5.40. The van der Waals surface area contributed by atoms with Crippen molar-refractivity contribution in [2.75, 3.05) is 17.1 Å². The highest BCUT2D eigenvalue weighted by Crippen LogP contribution is 2.22. The van der Waals surface area contributed by atoms with Crippen LogP contribution in [0.1, 0.15) is 55.4 Å². The third-order valence-electron chi connectivity index (χ3n) is 7.32. The first-order valence-electron chi connectivity index (χ1n) is 14.2. The zero-order valence-electron chi connectivity index (χ0n) is 24.8. The van der Waals surface area contributed by atoms with Crippen LogP contribution in [0.3, 0.4) is 0 Å². The summed E-state index contributed by atoms with van der Waals surface area (Å²) < 4.78 is 26.6. The SMILES string of the molecule is CC[C@@H](C)NC(=O)[C@H](Cc1ccccc1)N(Cc1ccccc1C)C(=O)CCCN(c1cccc(C)c1)S(C)(=O)=O. The van der Waals surface area contributed by atoms with Gasteiger partial charge in [0.2, 0.25) is 21.8 Å². The summed E-state index contributed by atoms with van der Waals surface area (Å²) in [5.74, 6) is -0.381. The van der Waals surface area contributed by atoms with E-state index in [1.54, 1.807) is 11.0 Å². The lowest BCUT2D eigenvalue weighted by Gasteiger charge is -2.33. The number of carbonyl (C=O) groups is 2. The fourth-order valence-corrected chi connectivity index (χ4v) is 5.71.